The van der Waals surface area contributed by atoms with Gasteiger partial charge in [0.15, 0.2) is 6.61 Å². The molecule has 2 aromatic rings. The molecule has 7 heteroatoms. The van der Waals surface area contributed by atoms with Crippen molar-refractivity contribution in [3.05, 3.63) is 39.8 Å². The van der Waals surface area contributed by atoms with E-state index in [9.17, 15) is 9.59 Å². The summed E-state index contributed by atoms with van der Waals surface area (Å²) >= 11 is 1.40. The minimum Gasteiger partial charge on any atom is -0.482 e. The predicted molar refractivity (Wildman–Crippen MR) is 111 cm³/mol. The van der Waals surface area contributed by atoms with Gasteiger partial charge in [-0.15, -0.1) is 11.3 Å². The first-order chi connectivity index (χ1) is 13.2. The molecule has 0 fully saturated rings. The minimum atomic E-state index is -0.106. The number of amides is 2. The van der Waals surface area contributed by atoms with Crippen LogP contribution in [0, 0.1) is 0 Å². The highest BCUT2D eigenvalue weighted by atomic mass is 32.1. The van der Waals surface area contributed by atoms with Crippen LogP contribution in [0.1, 0.15) is 55.7 Å². The fraction of sp³-hybridized carbons (Fsp3) is 0.476. The van der Waals surface area contributed by atoms with Crippen molar-refractivity contribution < 1.29 is 14.3 Å². The van der Waals surface area contributed by atoms with E-state index in [-0.39, 0.29) is 23.8 Å². The Kier molecular flexibility index (Phi) is 5.74. The van der Waals surface area contributed by atoms with Crippen LogP contribution in [0.25, 0.3) is 0 Å². The molecule has 2 heterocycles. The van der Waals surface area contributed by atoms with Gasteiger partial charge in [-0.25, -0.2) is 4.98 Å². The molecule has 150 valence electrons. The van der Waals surface area contributed by atoms with E-state index in [1.165, 1.54) is 11.3 Å². The van der Waals surface area contributed by atoms with Gasteiger partial charge in [-0.2, -0.15) is 0 Å². The summed E-state index contributed by atoms with van der Waals surface area (Å²) in [7, 11) is 0. The summed E-state index contributed by atoms with van der Waals surface area (Å²) < 4.78 is 5.61. The molecule has 1 aliphatic heterocycles. The lowest BCUT2D eigenvalue weighted by molar-refractivity contribution is -0.121. The Balaban J connectivity index is 1.88. The van der Waals surface area contributed by atoms with Crippen LogP contribution in [-0.4, -0.2) is 41.4 Å². The molecule has 0 aliphatic carbocycles. The maximum Gasteiger partial charge on any atom is 0.273 e. The van der Waals surface area contributed by atoms with Gasteiger partial charge >= 0.3 is 0 Å². The average Bonchev–Trinajstić information content (AvgIpc) is 3.12. The van der Waals surface area contributed by atoms with E-state index >= 15 is 0 Å². The molecular weight excluding hydrogens is 374 g/mol. The first-order valence-corrected chi connectivity index (χ1v) is 10.4. The number of fused-ring (bicyclic) bond motifs is 1. The Morgan fingerprint density at radius 2 is 2.00 bits per heavy atom. The van der Waals surface area contributed by atoms with Crippen LogP contribution < -0.4 is 9.64 Å². The summed E-state index contributed by atoms with van der Waals surface area (Å²) in [6, 6.07) is 5.98. The second-order valence-electron chi connectivity index (χ2n) is 7.80. The normalized spacial score (nSPS) is 13.9. The van der Waals surface area contributed by atoms with E-state index in [0.717, 1.165) is 16.3 Å². The van der Waals surface area contributed by atoms with Gasteiger partial charge in [0.2, 0.25) is 0 Å². The standard InChI is InChI=1S/C21H27N3O3S/c1-6-23(7-2)20(26)15-13-28-18(22-15)11-24-16-10-14(21(3,4)5)8-9-17(16)27-12-19(24)25/h8-10,13H,6-7,11-12H2,1-5H3. The monoisotopic (exact) mass is 401 g/mol. The molecule has 2 amide bonds. The zero-order chi connectivity index (χ0) is 20.5. The van der Waals surface area contributed by atoms with Crippen molar-refractivity contribution >= 4 is 28.8 Å². The molecule has 6 nitrogen and oxygen atoms in total. The Hall–Kier alpha value is -2.41. The van der Waals surface area contributed by atoms with E-state index < -0.39 is 0 Å². The van der Waals surface area contributed by atoms with Crippen LogP contribution in [0.15, 0.2) is 23.6 Å². The molecule has 1 aromatic carbocycles. The van der Waals surface area contributed by atoms with Crippen molar-refractivity contribution in [2.45, 2.75) is 46.6 Å². The third kappa shape index (κ3) is 4.04. The zero-order valence-electron chi connectivity index (χ0n) is 17.1. The number of rotatable bonds is 5. The van der Waals surface area contributed by atoms with Gasteiger partial charge in [0.25, 0.3) is 11.8 Å². The highest BCUT2D eigenvalue weighted by Crippen LogP contribution is 2.37. The quantitative estimate of drug-likeness (QED) is 0.763. The summed E-state index contributed by atoms with van der Waals surface area (Å²) in [5.74, 6) is 0.519. The van der Waals surface area contributed by atoms with Crippen LogP contribution in [0.4, 0.5) is 5.69 Å². The number of hydrogen-bond donors (Lipinski definition) is 0. The molecule has 3 rings (SSSR count). The molecule has 1 aromatic heterocycles. The number of benzene rings is 1. The van der Waals surface area contributed by atoms with Gasteiger partial charge in [0.1, 0.15) is 16.5 Å². The number of anilines is 1. The van der Waals surface area contributed by atoms with Crippen LogP contribution in [-0.2, 0) is 16.8 Å². The highest BCUT2D eigenvalue weighted by molar-refractivity contribution is 7.09. The van der Waals surface area contributed by atoms with Crippen molar-refractivity contribution in [3.8, 4) is 5.75 Å². The molecule has 0 saturated heterocycles. The number of aromatic nitrogens is 1. The molecule has 0 atom stereocenters. The maximum atomic E-state index is 12.6. The van der Waals surface area contributed by atoms with Crippen molar-refractivity contribution in [1.82, 2.24) is 9.88 Å². The number of carbonyl (C=O) groups is 2. The van der Waals surface area contributed by atoms with Crippen LogP contribution >= 0.6 is 11.3 Å². The highest BCUT2D eigenvalue weighted by Gasteiger charge is 2.28. The van der Waals surface area contributed by atoms with E-state index in [2.05, 4.69) is 25.8 Å². The SMILES string of the molecule is CCN(CC)C(=O)c1csc(CN2C(=O)COc3ccc(C(C)(C)C)cc32)n1. The van der Waals surface area contributed by atoms with Gasteiger partial charge in [-0.05, 0) is 37.0 Å². The van der Waals surface area contributed by atoms with Crippen LogP contribution in [0.5, 0.6) is 5.75 Å². The summed E-state index contributed by atoms with van der Waals surface area (Å²) in [6.07, 6.45) is 0. The fourth-order valence-corrected chi connectivity index (χ4v) is 3.89. The lowest BCUT2D eigenvalue weighted by Gasteiger charge is -2.31. The Morgan fingerprint density at radius 1 is 1.29 bits per heavy atom. The largest absolute Gasteiger partial charge is 0.482 e. The molecule has 0 saturated carbocycles. The number of hydrogen-bond acceptors (Lipinski definition) is 5. The second kappa shape index (κ2) is 7.91. The van der Waals surface area contributed by atoms with Crippen molar-refractivity contribution in [2.24, 2.45) is 0 Å². The zero-order valence-corrected chi connectivity index (χ0v) is 17.9. The predicted octanol–water partition coefficient (Wildman–Crippen LogP) is 3.85. The van der Waals surface area contributed by atoms with Crippen molar-refractivity contribution in [3.63, 3.8) is 0 Å². The Bertz CT molecular complexity index is 881. The van der Waals surface area contributed by atoms with E-state index in [4.69, 9.17) is 4.74 Å². The topological polar surface area (TPSA) is 62.7 Å². The molecule has 28 heavy (non-hydrogen) atoms. The number of carbonyl (C=O) groups excluding carboxylic acids is 2. The first kappa shape index (κ1) is 20.3. The molecule has 0 radical (unpaired) electrons. The van der Waals surface area contributed by atoms with E-state index in [0.29, 0.717) is 31.1 Å². The lowest BCUT2D eigenvalue weighted by atomic mass is 9.86. The van der Waals surface area contributed by atoms with Gasteiger partial charge in [-0.3, -0.25) is 14.5 Å². The van der Waals surface area contributed by atoms with Gasteiger partial charge in [0.05, 0.1) is 12.2 Å². The second-order valence-corrected chi connectivity index (χ2v) is 8.75. The molecule has 1 aliphatic rings. The number of thiazole rings is 1. The Morgan fingerprint density at radius 3 is 2.64 bits per heavy atom. The van der Waals surface area contributed by atoms with Crippen molar-refractivity contribution in [1.29, 1.82) is 0 Å². The summed E-state index contributed by atoms with van der Waals surface area (Å²) in [6.45, 7) is 11.9. The molecule has 0 spiro atoms. The third-order valence-electron chi connectivity index (χ3n) is 4.88. The summed E-state index contributed by atoms with van der Waals surface area (Å²) in [5.41, 5.74) is 2.29. The van der Waals surface area contributed by atoms with Gasteiger partial charge < -0.3 is 9.64 Å². The molecule has 0 unspecified atom stereocenters. The van der Waals surface area contributed by atoms with E-state index in [1.54, 1.807) is 15.2 Å². The summed E-state index contributed by atoms with van der Waals surface area (Å²) in [4.78, 5) is 33.0. The fourth-order valence-electron chi connectivity index (χ4n) is 3.13. The van der Waals surface area contributed by atoms with Crippen molar-refractivity contribution in [2.75, 3.05) is 24.6 Å². The Labute approximate surface area is 170 Å². The lowest BCUT2D eigenvalue weighted by Crippen LogP contribution is -2.38. The molecule has 0 N–H and O–H groups in total. The van der Waals surface area contributed by atoms with Crippen LogP contribution in [0.2, 0.25) is 0 Å². The average molecular weight is 402 g/mol. The third-order valence-corrected chi connectivity index (χ3v) is 5.72. The molecular formula is C21H27N3O3S. The summed E-state index contributed by atoms with van der Waals surface area (Å²) in [5, 5.41) is 2.51. The molecule has 0 bridgehead atoms. The smallest absolute Gasteiger partial charge is 0.273 e. The van der Waals surface area contributed by atoms with Gasteiger partial charge in [0, 0.05) is 18.5 Å². The number of nitrogens with zero attached hydrogens (tertiary/aromatic N) is 3. The van der Waals surface area contributed by atoms with Gasteiger partial charge in [-0.1, -0.05) is 26.8 Å². The van der Waals surface area contributed by atoms with E-state index in [1.807, 2.05) is 32.0 Å². The van der Waals surface area contributed by atoms with Crippen LogP contribution in [0.3, 0.4) is 0 Å². The first-order valence-electron chi connectivity index (χ1n) is 9.56. The minimum absolute atomic E-state index is 0.0124. The maximum absolute atomic E-state index is 12.6. The number of ether oxygens (including phenoxy) is 1.